The number of nitrogens with one attached hydrogen (secondary N) is 2. The summed E-state index contributed by atoms with van der Waals surface area (Å²) in [7, 11) is 0. The van der Waals surface area contributed by atoms with Crippen LogP contribution in [0, 0.1) is 0 Å². The van der Waals surface area contributed by atoms with E-state index in [1.54, 1.807) is 6.07 Å². The lowest BCUT2D eigenvalue weighted by atomic mass is 10.2. The second-order valence-corrected chi connectivity index (χ2v) is 5.28. The van der Waals surface area contributed by atoms with E-state index in [4.69, 9.17) is 11.6 Å². The van der Waals surface area contributed by atoms with Crippen molar-refractivity contribution in [2.75, 3.05) is 17.2 Å². The van der Waals surface area contributed by atoms with Crippen LogP contribution in [0.2, 0.25) is 5.02 Å². The fourth-order valence-electron chi connectivity index (χ4n) is 1.64. The topological polar surface area (TPSA) is 54.0 Å². The van der Waals surface area contributed by atoms with E-state index in [0.717, 1.165) is 11.0 Å². The van der Waals surface area contributed by atoms with E-state index in [9.17, 15) is 4.79 Å². The van der Waals surface area contributed by atoms with Gasteiger partial charge in [-0.1, -0.05) is 23.7 Å². The number of hydrogen-bond acceptors (Lipinski definition) is 3. The van der Waals surface area contributed by atoms with Crippen LogP contribution in [0.3, 0.4) is 0 Å². The third kappa shape index (κ3) is 3.49. The number of anilines is 2. The molecule has 0 atom stereocenters. The summed E-state index contributed by atoms with van der Waals surface area (Å²) in [6.07, 6.45) is 1.47. The first-order valence-electron chi connectivity index (χ1n) is 6.07. The minimum absolute atomic E-state index is 0.275. The Balaban J connectivity index is 2.25. The molecule has 0 aliphatic heterocycles. The van der Waals surface area contributed by atoms with Gasteiger partial charge in [-0.3, -0.25) is 4.79 Å². The highest BCUT2D eigenvalue weighted by Crippen LogP contribution is 2.24. The third-order valence-electron chi connectivity index (χ3n) is 2.58. The molecule has 6 heteroatoms. The van der Waals surface area contributed by atoms with E-state index < -0.39 is 0 Å². The zero-order chi connectivity index (χ0) is 14.5. The van der Waals surface area contributed by atoms with E-state index in [1.165, 1.54) is 6.20 Å². The van der Waals surface area contributed by atoms with Gasteiger partial charge in [-0.2, -0.15) is 0 Å². The summed E-state index contributed by atoms with van der Waals surface area (Å²) in [4.78, 5) is 16.4. The van der Waals surface area contributed by atoms with Crippen LogP contribution in [0.4, 0.5) is 11.5 Å². The van der Waals surface area contributed by atoms with Gasteiger partial charge in [0.05, 0.1) is 16.3 Å². The van der Waals surface area contributed by atoms with E-state index in [1.807, 2.05) is 31.2 Å². The lowest BCUT2D eigenvalue weighted by Gasteiger charge is -2.10. The normalized spacial score (nSPS) is 10.2. The van der Waals surface area contributed by atoms with Gasteiger partial charge in [0.15, 0.2) is 0 Å². The first-order valence-corrected chi connectivity index (χ1v) is 7.24. The second kappa shape index (κ2) is 6.72. The molecular formula is C14H13BrClN3O. The highest BCUT2D eigenvalue weighted by Gasteiger charge is 2.13. The van der Waals surface area contributed by atoms with Crippen LogP contribution in [0.15, 0.2) is 41.0 Å². The summed E-state index contributed by atoms with van der Waals surface area (Å²) >= 11 is 9.42. The van der Waals surface area contributed by atoms with Crippen molar-refractivity contribution in [3.63, 3.8) is 0 Å². The molecule has 2 N–H and O–H groups in total. The van der Waals surface area contributed by atoms with Crippen molar-refractivity contribution in [3.05, 3.63) is 51.6 Å². The second-order valence-electron chi connectivity index (χ2n) is 4.01. The molecule has 2 rings (SSSR count). The van der Waals surface area contributed by atoms with Crippen molar-refractivity contribution in [1.29, 1.82) is 0 Å². The average molecular weight is 355 g/mol. The molecule has 1 aromatic heterocycles. The van der Waals surface area contributed by atoms with E-state index in [0.29, 0.717) is 22.1 Å². The average Bonchev–Trinajstić information content (AvgIpc) is 2.43. The van der Waals surface area contributed by atoms with Gasteiger partial charge in [0.1, 0.15) is 5.82 Å². The molecule has 0 bridgehead atoms. The van der Waals surface area contributed by atoms with Gasteiger partial charge in [-0.05, 0) is 41.1 Å². The molecule has 0 saturated carbocycles. The van der Waals surface area contributed by atoms with Gasteiger partial charge < -0.3 is 10.6 Å². The molecule has 1 amide bonds. The van der Waals surface area contributed by atoms with E-state index in [2.05, 4.69) is 31.5 Å². The predicted octanol–water partition coefficient (Wildman–Crippen LogP) is 4.18. The van der Waals surface area contributed by atoms with E-state index in [-0.39, 0.29) is 5.91 Å². The number of hydrogen-bond donors (Lipinski definition) is 2. The first kappa shape index (κ1) is 14.8. The zero-order valence-corrected chi connectivity index (χ0v) is 13.1. The van der Waals surface area contributed by atoms with Crippen LogP contribution >= 0.6 is 27.5 Å². The highest BCUT2D eigenvalue weighted by atomic mass is 79.9. The molecule has 20 heavy (non-hydrogen) atoms. The summed E-state index contributed by atoms with van der Waals surface area (Å²) < 4.78 is 0.811. The van der Waals surface area contributed by atoms with Gasteiger partial charge in [0, 0.05) is 17.2 Å². The number of halogens is 2. The Kier molecular flexibility index (Phi) is 4.98. The number of nitrogens with zero attached hydrogens (tertiary/aromatic N) is 1. The van der Waals surface area contributed by atoms with E-state index >= 15 is 0 Å². The molecule has 0 saturated heterocycles. The molecule has 4 nitrogen and oxygen atoms in total. The quantitative estimate of drug-likeness (QED) is 0.866. The van der Waals surface area contributed by atoms with Crippen molar-refractivity contribution in [3.8, 4) is 0 Å². The Morgan fingerprint density at radius 1 is 1.40 bits per heavy atom. The van der Waals surface area contributed by atoms with Crippen molar-refractivity contribution >= 4 is 44.9 Å². The molecule has 0 radical (unpaired) electrons. The maximum atomic E-state index is 12.3. The molecule has 1 heterocycles. The number of aromatic nitrogens is 1. The molecule has 104 valence electrons. The fraction of sp³-hybridized carbons (Fsp3) is 0.143. The monoisotopic (exact) mass is 353 g/mol. The van der Waals surface area contributed by atoms with Crippen LogP contribution < -0.4 is 10.6 Å². The van der Waals surface area contributed by atoms with Crippen molar-refractivity contribution < 1.29 is 4.79 Å². The number of carbonyl (C=O) groups is 1. The predicted molar refractivity (Wildman–Crippen MR) is 85.5 cm³/mol. The molecule has 1 aromatic carbocycles. The first-order chi connectivity index (χ1) is 9.61. The molecule has 0 aliphatic carbocycles. The summed E-state index contributed by atoms with van der Waals surface area (Å²) in [5.74, 6) is 0.345. The standard InChI is InChI=1S/C14H13BrClN3O/c1-2-17-13-7-9(11(16)8-18-13)14(20)19-12-6-4-3-5-10(12)15/h3-8H,2H2,1H3,(H,17,18)(H,19,20). The fourth-order valence-corrected chi connectivity index (χ4v) is 2.22. The summed E-state index contributed by atoms with van der Waals surface area (Å²) in [6, 6.07) is 9.02. The maximum Gasteiger partial charge on any atom is 0.257 e. The molecule has 2 aromatic rings. The van der Waals surface area contributed by atoms with Gasteiger partial charge in [0.25, 0.3) is 5.91 Å². The number of para-hydroxylation sites is 1. The van der Waals surface area contributed by atoms with Crippen molar-refractivity contribution in [1.82, 2.24) is 4.98 Å². The van der Waals surface area contributed by atoms with Gasteiger partial charge in [0.2, 0.25) is 0 Å². The third-order valence-corrected chi connectivity index (χ3v) is 3.57. The SMILES string of the molecule is CCNc1cc(C(=O)Nc2ccccc2Br)c(Cl)cn1. The Bertz CT molecular complexity index is 634. The van der Waals surface area contributed by atoms with Crippen molar-refractivity contribution in [2.24, 2.45) is 0 Å². The number of carbonyl (C=O) groups excluding carboxylic acids is 1. The number of benzene rings is 1. The number of pyridine rings is 1. The van der Waals surface area contributed by atoms with Crippen LogP contribution in [0.25, 0.3) is 0 Å². The molecular weight excluding hydrogens is 342 g/mol. The highest BCUT2D eigenvalue weighted by molar-refractivity contribution is 9.10. The minimum atomic E-state index is -0.275. The Hall–Kier alpha value is -1.59. The van der Waals surface area contributed by atoms with Gasteiger partial charge in [-0.15, -0.1) is 0 Å². The van der Waals surface area contributed by atoms with Gasteiger partial charge in [-0.25, -0.2) is 4.98 Å². The number of amides is 1. The zero-order valence-electron chi connectivity index (χ0n) is 10.8. The van der Waals surface area contributed by atoms with Gasteiger partial charge >= 0.3 is 0 Å². The largest absolute Gasteiger partial charge is 0.370 e. The van der Waals surface area contributed by atoms with Crippen molar-refractivity contribution in [2.45, 2.75) is 6.92 Å². The Morgan fingerprint density at radius 3 is 2.85 bits per heavy atom. The van der Waals surface area contributed by atoms with Crippen LogP contribution in [0.1, 0.15) is 17.3 Å². The molecule has 0 fully saturated rings. The lowest BCUT2D eigenvalue weighted by molar-refractivity contribution is 0.102. The van der Waals surface area contributed by atoms with Crippen LogP contribution in [0.5, 0.6) is 0 Å². The minimum Gasteiger partial charge on any atom is -0.370 e. The summed E-state index contributed by atoms with van der Waals surface area (Å²) in [5.41, 5.74) is 1.07. The number of rotatable bonds is 4. The molecule has 0 aliphatic rings. The Labute approximate surface area is 130 Å². The van der Waals surface area contributed by atoms with Crippen LogP contribution in [-0.4, -0.2) is 17.4 Å². The summed E-state index contributed by atoms with van der Waals surface area (Å²) in [6.45, 7) is 2.68. The molecule has 0 unspecified atom stereocenters. The lowest BCUT2D eigenvalue weighted by Crippen LogP contribution is -2.14. The smallest absolute Gasteiger partial charge is 0.257 e. The molecule has 0 spiro atoms. The summed E-state index contributed by atoms with van der Waals surface area (Å²) in [5, 5.41) is 6.17. The Morgan fingerprint density at radius 2 is 2.15 bits per heavy atom. The van der Waals surface area contributed by atoms with Crippen LogP contribution in [-0.2, 0) is 0 Å². The maximum absolute atomic E-state index is 12.3.